The molecule has 0 bridgehead atoms. The van der Waals surface area contributed by atoms with Crippen LogP contribution in [0.5, 0.6) is 0 Å². The summed E-state index contributed by atoms with van der Waals surface area (Å²) in [5, 5.41) is 0. The topological polar surface area (TPSA) is 34.9 Å². The fourth-order valence-corrected chi connectivity index (χ4v) is 3.22. The monoisotopic (exact) mass is 298 g/mol. The third kappa shape index (κ3) is 3.00. The SMILES string of the molecule is Cc1cccc2c1nc(CCl)n2C(C)CCS(C)=O. The van der Waals surface area contributed by atoms with Gasteiger partial charge in [0.05, 0.1) is 16.9 Å². The number of nitrogens with zero attached hydrogens (tertiary/aromatic N) is 2. The summed E-state index contributed by atoms with van der Waals surface area (Å²) in [6.07, 6.45) is 2.61. The molecule has 0 fully saturated rings. The summed E-state index contributed by atoms with van der Waals surface area (Å²) in [5.74, 6) is 1.99. The number of aryl methyl sites for hydroxylation is 1. The number of fused-ring (bicyclic) bond motifs is 1. The van der Waals surface area contributed by atoms with Crippen molar-refractivity contribution in [2.24, 2.45) is 0 Å². The Morgan fingerprint density at radius 2 is 2.21 bits per heavy atom. The maximum atomic E-state index is 11.3. The van der Waals surface area contributed by atoms with Crippen LogP contribution in [-0.2, 0) is 16.7 Å². The van der Waals surface area contributed by atoms with Gasteiger partial charge in [0, 0.05) is 28.9 Å². The van der Waals surface area contributed by atoms with Crippen LogP contribution in [0, 0.1) is 6.92 Å². The van der Waals surface area contributed by atoms with Crippen LogP contribution in [-0.4, -0.2) is 25.8 Å². The molecule has 2 atom stereocenters. The second-order valence-corrected chi connectivity index (χ2v) is 6.71. The second-order valence-electron chi connectivity index (χ2n) is 4.89. The summed E-state index contributed by atoms with van der Waals surface area (Å²) in [6.45, 7) is 4.19. The van der Waals surface area contributed by atoms with Gasteiger partial charge in [-0.3, -0.25) is 4.21 Å². The number of imidazole rings is 1. The maximum absolute atomic E-state index is 11.3. The van der Waals surface area contributed by atoms with Crippen molar-refractivity contribution in [3.8, 4) is 0 Å². The Labute approximate surface area is 121 Å². The molecule has 0 aliphatic rings. The average molecular weight is 299 g/mol. The highest BCUT2D eigenvalue weighted by Gasteiger charge is 2.16. The second kappa shape index (κ2) is 6.06. The Balaban J connectivity index is 2.45. The van der Waals surface area contributed by atoms with Gasteiger partial charge in [0.15, 0.2) is 0 Å². The molecule has 0 saturated carbocycles. The highest BCUT2D eigenvalue weighted by atomic mass is 35.5. The van der Waals surface area contributed by atoms with Gasteiger partial charge in [0.25, 0.3) is 0 Å². The van der Waals surface area contributed by atoms with Crippen molar-refractivity contribution in [3.63, 3.8) is 0 Å². The Hall–Kier alpha value is -0.870. The van der Waals surface area contributed by atoms with Crippen molar-refractivity contribution in [1.82, 2.24) is 9.55 Å². The van der Waals surface area contributed by atoms with Crippen molar-refractivity contribution in [2.45, 2.75) is 32.2 Å². The summed E-state index contributed by atoms with van der Waals surface area (Å²) in [6, 6.07) is 6.43. The molecule has 0 aliphatic carbocycles. The van der Waals surface area contributed by atoms with Crippen LogP contribution in [0.4, 0.5) is 0 Å². The molecule has 0 spiro atoms. The smallest absolute Gasteiger partial charge is 0.125 e. The van der Waals surface area contributed by atoms with Gasteiger partial charge in [-0.1, -0.05) is 12.1 Å². The summed E-state index contributed by atoms with van der Waals surface area (Å²) in [4.78, 5) is 4.63. The molecular formula is C14H19ClN2OS. The minimum atomic E-state index is -0.761. The van der Waals surface area contributed by atoms with Crippen LogP contribution in [0.2, 0.25) is 0 Å². The van der Waals surface area contributed by atoms with Gasteiger partial charge >= 0.3 is 0 Å². The first-order valence-corrected chi connectivity index (χ1v) is 8.63. The molecule has 1 aromatic carbocycles. The van der Waals surface area contributed by atoms with E-state index in [0.717, 1.165) is 28.8 Å². The molecule has 2 unspecified atom stereocenters. The van der Waals surface area contributed by atoms with Crippen LogP contribution >= 0.6 is 11.6 Å². The summed E-state index contributed by atoms with van der Waals surface area (Å²) in [7, 11) is -0.761. The standard InChI is InChI=1S/C14H19ClN2OS/c1-10-5-4-6-12-14(10)16-13(9-15)17(12)11(2)7-8-19(3)18/h4-6,11H,7-9H2,1-3H3. The highest BCUT2D eigenvalue weighted by Crippen LogP contribution is 2.26. The first kappa shape index (κ1) is 14.5. The predicted octanol–water partition coefficient (Wildman–Crippen LogP) is 3.41. The Kier molecular flexibility index (Phi) is 4.63. The normalized spacial score (nSPS) is 14.7. The van der Waals surface area contributed by atoms with Gasteiger partial charge < -0.3 is 4.57 Å². The van der Waals surface area contributed by atoms with E-state index in [1.54, 1.807) is 6.26 Å². The molecule has 3 nitrogen and oxygen atoms in total. The average Bonchev–Trinajstić information content (AvgIpc) is 2.76. The Morgan fingerprint density at radius 3 is 2.84 bits per heavy atom. The van der Waals surface area contributed by atoms with Crippen molar-refractivity contribution in [3.05, 3.63) is 29.6 Å². The lowest BCUT2D eigenvalue weighted by atomic mass is 10.2. The Morgan fingerprint density at radius 1 is 1.47 bits per heavy atom. The highest BCUT2D eigenvalue weighted by molar-refractivity contribution is 7.84. The number of rotatable bonds is 5. The number of hydrogen-bond acceptors (Lipinski definition) is 2. The fraction of sp³-hybridized carbons (Fsp3) is 0.500. The predicted molar refractivity (Wildman–Crippen MR) is 82.3 cm³/mol. The van der Waals surface area contributed by atoms with Gasteiger partial charge in [0.2, 0.25) is 0 Å². The summed E-state index contributed by atoms with van der Waals surface area (Å²) in [5.41, 5.74) is 3.29. The van der Waals surface area contributed by atoms with Gasteiger partial charge in [0.1, 0.15) is 5.82 Å². The van der Waals surface area contributed by atoms with E-state index in [-0.39, 0.29) is 6.04 Å². The van der Waals surface area contributed by atoms with E-state index in [1.807, 2.05) is 6.07 Å². The molecule has 2 rings (SSSR count). The molecule has 0 amide bonds. The van der Waals surface area contributed by atoms with E-state index in [9.17, 15) is 4.21 Å². The number of aromatic nitrogens is 2. The Bertz CT molecular complexity index is 609. The van der Waals surface area contributed by atoms with Gasteiger partial charge in [-0.2, -0.15) is 0 Å². The molecule has 19 heavy (non-hydrogen) atoms. The molecule has 0 radical (unpaired) electrons. The first-order valence-electron chi connectivity index (χ1n) is 6.37. The van der Waals surface area contributed by atoms with Crippen LogP contribution < -0.4 is 0 Å². The van der Waals surface area contributed by atoms with E-state index in [4.69, 9.17) is 11.6 Å². The van der Waals surface area contributed by atoms with Gasteiger partial charge in [-0.05, 0) is 31.9 Å². The molecule has 0 saturated heterocycles. The molecule has 5 heteroatoms. The van der Waals surface area contributed by atoms with E-state index < -0.39 is 10.8 Å². The minimum Gasteiger partial charge on any atom is -0.324 e. The minimum absolute atomic E-state index is 0.254. The lowest BCUT2D eigenvalue weighted by Gasteiger charge is -2.16. The summed E-state index contributed by atoms with van der Waals surface area (Å²) >= 11 is 6.02. The zero-order valence-electron chi connectivity index (χ0n) is 11.5. The quantitative estimate of drug-likeness (QED) is 0.793. The number of halogens is 1. The third-order valence-electron chi connectivity index (χ3n) is 3.38. The molecule has 0 aliphatic heterocycles. The number of hydrogen-bond donors (Lipinski definition) is 0. The van der Waals surface area contributed by atoms with E-state index >= 15 is 0 Å². The van der Waals surface area contributed by atoms with E-state index in [0.29, 0.717) is 11.6 Å². The number of alkyl halides is 1. The largest absolute Gasteiger partial charge is 0.324 e. The van der Waals surface area contributed by atoms with Gasteiger partial charge in [-0.25, -0.2) is 4.98 Å². The van der Waals surface area contributed by atoms with E-state index in [2.05, 4.69) is 35.5 Å². The van der Waals surface area contributed by atoms with Crippen molar-refractivity contribution >= 4 is 33.4 Å². The third-order valence-corrected chi connectivity index (χ3v) is 4.43. The molecule has 104 valence electrons. The fourth-order valence-electron chi connectivity index (χ4n) is 2.36. The van der Waals surface area contributed by atoms with Crippen molar-refractivity contribution in [1.29, 1.82) is 0 Å². The zero-order chi connectivity index (χ0) is 14.0. The molecular weight excluding hydrogens is 280 g/mol. The van der Waals surface area contributed by atoms with Crippen LogP contribution in [0.3, 0.4) is 0 Å². The van der Waals surface area contributed by atoms with E-state index in [1.165, 1.54) is 0 Å². The van der Waals surface area contributed by atoms with Gasteiger partial charge in [-0.15, -0.1) is 11.6 Å². The van der Waals surface area contributed by atoms with Crippen molar-refractivity contribution in [2.75, 3.05) is 12.0 Å². The molecule has 2 aromatic rings. The lowest BCUT2D eigenvalue weighted by molar-refractivity contribution is 0.531. The maximum Gasteiger partial charge on any atom is 0.125 e. The van der Waals surface area contributed by atoms with Crippen molar-refractivity contribution < 1.29 is 4.21 Å². The summed E-state index contributed by atoms with van der Waals surface area (Å²) < 4.78 is 13.4. The first-order chi connectivity index (χ1) is 9.04. The van der Waals surface area contributed by atoms with Crippen LogP contribution in [0.25, 0.3) is 11.0 Å². The molecule has 1 aromatic heterocycles. The number of para-hydroxylation sites is 1. The molecule has 0 N–H and O–H groups in total. The zero-order valence-corrected chi connectivity index (χ0v) is 13.1. The van der Waals surface area contributed by atoms with Crippen LogP contribution in [0.15, 0.2) is 18.2 Å². The lowest BCUT2D eigenvalue weighted by Crippen LogP contribution is -2.11. The molecule has 1 heterocycles. The van der Waals surface area contributed by atoms with Crippen LogP contribution in [0.1, 0.15) is 30.8 Å². The number of benzene rings is 1.